The smallest absolute Gasteiger partial charge is 0.354 e. The lowest BCUT2D eigenvalue weighted by Gasteiger charge is -2.46. The largest absolute Gasteiger partial charge is 0.477 e. The van der Waals surface area contributed by atoms with Crippen LogP contribution in [0.2, 0.25) is 0 Å². The molecule has 0 saturated carbocycles. The Labute approximate surface area is 525 Å². The Bertz CT molecular complexity index is 3320. The van der Waals surface area contributed by atoms with Gasteiger partial charge in [-0.1, -0.05) is 6.42 Å². The molecule has 8 saturated heterocycles. The molecule has 5 aromatic rings. The quantitative estimate of drug-likeness (QED) is 0.0961. The topological polar surface area (TPSA) is 394 Å². The normalized spacial score (nSPS) is 22.6. The van der Waals surface area contributed by atoms with E-state index in [1.54, 1.807) is 17.0 Å². The summed E-state index contributed by atoms with van der Waals surface area (Å²) in [5.41, 5.74) is 0.133. The van der Waals surface area contributed by atoms with Gasteiger partial charge in [0.05, 0.1) is 6.54 Å². The van der Waals surface area contributed by atoms with Crippen molar-refractivity contribution in [2.45, 2.75) is 76.0 Å². The van der Waals surface area contributed by atoms with Crippen LogP contribution in [0.25, 0.3) is 0 Å². The molecule has 0 spiro atoms. The third kappa shape index (κ3) is 18.1. The van der Waals surface area contributed by atoms with Crippen molar-refractivity contribution in [1.82, 2.24) is 74.8 Å². The van der Waals surface area contributed by atoms with Gasteiger partial charge in [0.1, 0.15) is 60.7 Å². The summed E-state index contributed by atoms with van der Waals surface area (Å²) in [6.45, 7) is 18.1. The zero-order valence-corrected chi connectivity index (χ0v) is 51.2. The minimum Gasteiger partial charge on any atom is -0.477 e. The van der Waals surface area contributed by atoms with Crippen LogP contribution in [-0.4, -0.2) is 291 Å². The number of piperidine rings is 2. The van der Waals surface area contributed by atoms with Crippen LogP contribution in [0.1, 0.15) is 104 Å². The Kier molecular flexibility index (Phi) is 23.1. The van der Waals surface area contributed by atoms with E-state index in [1.165, 1.54) is 95.0 Å². The Morgan fingerprint density at radius 2 is 0.802 bits per heavy atom. The van der Waals surface area contributed by atoms with Crippen molar-refractivity contribution < 1.29 is 59.4 Å². The third-order valence-electron chi connectivity index (χ3n) is 17.7. The fraction of sp³-hybridized carbons (Fsp3) is 0.559. The number of hydrogen-bond donors (Lipinski definition) is 7. The number of nitrogens with zero attached hydrogens (tertiary/aromatic N) is 19. The van der Waals surface area contributed by atoms with Crippen molar-refractivity contribution in [2.24, 2.45) is 5.92 Å². The first-order valence-corrected chi connectivity index (χ1v) is 30.7. The van der Waals surface area contributed by atoms with Crippen molar-refractivity contribution >= 4 is 64.8 Å². The lowest BCUT2D eigenvalue weighted by Crippen LogP contribution is -2.57. The number of amides is 1. The molecular formula is C59H80N20O12. The zero-order valence-electron chi connectivity index (χ0n) is 51.2. The number of aliphatic hydroxyl groups excluding tert-OH is 1. The van der Waals surface area contributed by atoms with E-state index in [0.29, 0.717) is 60.6 Å². The van der Waals surface area contributed by atoms with Gasteiger partial charge in [-0.3, -0.25) is 19.5 Å². The Morgan fingerprint density at radius 1 is 0.429 bits per heavy atom. The van der Waals surface area contributed by atoms with Crippen LogP contribution in [0.15, 0.2) is 62.0 Å². The molecule has 7 N–H and O–H groups in total. The van der Waals surface area contributed by atoms with Gasteiger partial charge in [0.2, 0.25) is 5.91 Å². The summed E-state index contributed by atoms with van der Waals surface area (Å²) < 4.78 is 0. The summed E-state index contributed by atoms with van der Waals surface area (Å²) in [7, 11) is 2.09. The summed E-state index contributed by atoms with van der Waals surface area (Å²) in [6, 6.07) is 9.65. The molecule has 0 aliphatic carbocycles. The summed E-state index contributed by atoms with van der Waals surface area (Å²) in [5, 5.41) is 56.5. The van der Waals surface area contributed by atoms with Crippen LogP contribution in [0.4, 0.5) is 29.1 Å². The number of carboxylic acids is 5. The minimum atomic E-state index is -1.11. The highest BCUT2D eigenvalue weighted by molar-refractivity contribution is 5.88. The van der Waals surface area contributed by atoms with E-state index in [2.05, 4.69) is 108 Å². The van der Waals surface area contributed by atoms with Gasteiger partial charge in [-0.05, 0) is 71.5 Å². The van der Waals surface area contributed by atoms with Crippen LogP contribution in [-0.2, 0) is 4.79 Å². The molecule has 5 unspecified atom stereocenters. The maximum Gasteiger partial charge on any atom is 0.354 e. The molecule has 0 aromatic carbocycles. The highest BCUT2D eigenvalue weighted by Gasteiger charge is 2.35. The number of fused-ring (bicyclic) bond motifs is 3. The maximum atomic E-state index is 11.2. The van der Waals surface area contributed by atoms with E-state index in [1.807, 2.05) is 0 Å². The molecule has 8 aliphatic rings. The lowest BCUT2D eigenvalue weighted by molar-refractivity contribution is -0.120. The highest BCUT2D eigenvalue weighted by atomic mass is 16.4. The average Bonchev–Trinajstić information content (AvgIpc) is 1.88. The number of hydrogen-bond acceptors (Lipinski definition) is 26. The van der Waals surface area contributed by atoms with Crippen LogP contribution in [0, 0.1) is 5.92 Å². The summed E-state index contributed by atoms with van der Waals surface area (Å²) >= 11 is 0. The molecule has 0 bridgehead atoms. The predicted molar refractivity (Wildman–Crippen MR) is 330 cm³/mol. The lowest BCUT2D eigenvalue weighted by atomic mass is 9.91. The van der Waals surface area contributed by atoms with E-state index < -0.39 is 29.8 Å². The number of aliphatic hydroxyl groups is 1. The van der Waals surface area contributed by atoms with Crippen LogP contribution >= 0.6 is 0 Å². The number of piperazine rings is 5. The van der Waals surface area contributed by atoms with Crippen molar-refractivity contribution in [2.75, 3.05) is 156 Å². The molecule has 32 heteroatoms. The van der Waals surface area contributed by atoms with Crippen molar-refractivity contribution in [3.8, 4) is 0 Å². The van der Waals surface area contributed by atoms with Gasteiger partial charge < -0.3 is 65.4 Å². The molecular weight excluding hydrogens is 1180 g/mol. The van der Waals surface area contributed by atoms with Crippen LogP contribution in [0.3, 0.4) is 0 Å². The van der Waals surface area contributed by atoms with Gasteiger partial charge in [0.25, 0.3) is 0 Å². The molecule has 1 amide bonds. The van der Waals surface area contributed by atoms with E-state index in [4.69, 9.17) is 25.5 Å². The number of carbonyl (C=O) groups excluding carboxylic acids is 1. The van der Waals surface area contributed by atoms with Crippen LogP contribution < -0.4 is 29.8 Å². The first-order valence-electron chi connectivity index (χ1n) is 30.7. The fourth-order valence-corrected chi connectivity index (χ4v) is 12.5. The summed E-state index contributed by atoms with van der Waals surface area (Å²) in [5.74, 6) is -1.55. The Morgan fingerprint density at radius 3 is 1.21 bits per heavy atom. The van der Waals surface area contributed by atoms with E-state index in [0.717, 1.165) is 110 Å². The van der Waals surface area contributed by atoms with E-state index in [-0.39, 0.29) is 47.5 Å². The Hall–Kier alpha value is -8.98. The number of aromatic nitrogens is 10. The molecule has 8 aliphatic heterocycles. The van der Waals surface area contributed by atoms with Gasteiger partial charge >= 0.3 is 29.8 Å². The van der Waals surface area contributed by atoms with Gasteiger partial charge in [-0.15, -0.1) is 0 Å². The number of aromatic carboxylic acids is 5. The van der Waals surface area contributed by atoms with Gasteiger partial charge in [-0.25, -0.2) is 73.8 Å². The van der Waals surface area contributed by atoms with Crippen molar-refractivity contribution in [3.63, 3.8) is 0 Å². The number of rotatable bonds is 11. The summed E-state index contributed by atoms with van der Waals surface area (Å²) in [4.78, 5) is 125. The number of nitrogens with one attached hydrogen (secondary N) is 1. The van der Waals surface area contributed by atoms with Crippen molar-refractivity contribution in [3.05, 3.63) is 90.4 Å². The summed E-state index contributed by atoms with van der Waals surface area (Å²) in [6.07, 6.45) is 14.9. The minimum absolute atomic E-state index is 0.0337. The van der Waals surface area contributed by atoms with Gasteiger partial charge in [0.15, 0.2) is 28.5 Å². The third-order valence-corrected chi connectivity index (χ3v) is 17.7. The molecule has 5 atom stereocenters. The van der Waals surface area contributed by atoms with Gasteiger partial charge in [0, 0.05) is 159 Å². The van der Waals surface area contributed by atoms with Gasteiger partial charge in [-0.2, -0.15) is 0 Å². The second-order valence-electron chi connectivity index (χ2n) is 23.5. The zero-order chi connectivity index (χ0) is 64.6. The standard InChI is InChI=1S/C14H20N4O3.C13H18N4O2.C12H16N4O2.C11H16N4O2.C9H10N4O3/c19-8-10-1-2-11-7-18(4-3-17(11)6-10)13-5-12(14(20)21)15-9-16-13;18-13(19)11-7-12(15-9-14-11)17-6-5-16-4-2-1-3-10(16)8-17;17-12(18)10-6-11(14-8-13-10)16-5-4-15-3-1-2-9(15)7-16;1-8-6-15(4-3-14(8)2)10-5-9(11(16)17)12-7-13-10;14-8-4-13(2-1-10-8)7-3-6(9(15)16)11-5-12-7/h5,9-11,19H,1-4,6-8H2,(H,20,21);7,9-10H,1-6,8H2,(H,18,19);6,8-9H,1-5,7H2,(H,17,18);5,7-8H,3-4,6H2,1-2H3,(H,16,17);3,5H,1-2,4H2,(H,10,14)(H,15,16). The van der Waals surface area contributed by atoms with Crippen LogP contribution in [0.5, 0.6) is 0 Å². The first-order chi connectivity index (χ1) is 43.9. The van der Waals surface area contributed by atoms with Crippen molar-refractivity contribution in [1.29, 1.82) is 0 Å². The molecule has 0 radical (unpaired) electrons. The predicted octanol–water partition coefficient (Wildman–Crippen LogP) is 0.802. The average molecular weight is 1260 g/mol. The van der Waals surface area contributed by atoms with E-state index in [9.17, 15) is 33.9 Å². The maximum absolute atomic E-state index is 11.2. The molecule has 13 heterocycles. The number of carboxylic acid groups (broad SMARTS) is 5. The second kappa shape index (κ2) is 31.7. The fourth-order valence-electron chi connectivity index (χ4n) is 12.5. The molecule has 13 rings (SSSR count). The molecule has 488 valence electrons. The molecule has 91 heavy (non-hydrogen) atoms. The number of likely N-dealkylation sites (N-methyl/N-ethyl adjacent to an activating group) is 1. The number of carbonyl (C=O) groups is 6. The number of anilines is 5. The van der Waals surface area contributed by atoms with E-state index >= 15 is 0 Å². The monoisotopic (exact) mass is 1260 g/mol. The SMILES string of the molecule is CC1CN(c2cc(C(=O)O)ncn2)CCN1C.O=C(O)c1cc(N2CCN3CC(CO)CCC3C2)ncn1.O=C(O)c1cc(N2CCN3CCCC3C2)ncn1.O=C(O)c1cc(N2CCN3CCCCC3C2)ncn1.O=C1CN(c2cc(C(=O)O)ncn2)CCN1. The molecule has 32 nitrogen and oxygen atoms in total. The first kappa shape index (κ1) is 66.4. The second-order valence-corrected chi connectivity index (χ2v) is 23.5. The Balaban J connectivity index is 0.000000135. The molecule has 8 fully saturated rings. The highest BCUT2D eigenvalue weighted by Crippen LogP contribution is 2.29. The molecule has 5 aromatic heterocycles.